The summed E-state index contributed by atoms with van der Waals surface area (Å²) in [6.45, 7) is 4.41. The Labute approximate surface area is 173 Å². The van der Waals surface area contributed by atoms with Crippen LogP contribution in [0.15, 0.2) is 66.7 Å². The van der Waals surface area contributed by atoms with Gasteiger partial charge in [-0.15, -0.1) is 0 Å². The molecule has 0 aliphatic carbocycles. The third kappa shape index (κ3) is 6.00. The fourth-order valence-electron chi connectivity index (χ4n) is 3.14. The van der Waals surface area contributed by atoms with E-state index in [0.29, 0.717) is 6.61 Å². The summed E-state index contributed by atoms with van der Waals surface area (Å²) >= 11 is 0. The second-order valence-corrected chi connectivity index (χ2v) is 6.98. The number of hydrogen-bond acceptors (Lipinski definition) is 4. The van der Waals surface area contributed by atoms with Gasteiger partial charge in [-0.05, 0) is 66.4 Å². The van der Waals surface area contributed by atoms with Crippen molar-refractivity contribution in [3.05, 3.63) is 89.0 Å². The van der Waals surface area contributed by atoms with Gasteiger partial charge in [0.05, 0.1) is 14.2 Å². The summed E-state index contributed by atoms with van der Waals surface area (Å²) in [6.07, 6.45) is 0.929. The van der Waals surface area contributed by atoms with Gasteiger partial charge in [-0.3, -0.25) is 0 Å². The number of hydrogen-bond donors (Lipinski definition) is 1. The van der Waals surface area contributed by atoms with Gasteiger partial charge in [0, 0.05) is 6.54 Å². The van der Waals surface area contributed by atoms with Gasteiger partial charge in [-0.2, -0.15) is 0 Å². The molecule has 0 aromatic heterocycles. The zero-order valence-electron chi connectivity index (χ0n) is 17.4. The quantitative estimate of drug-likeness (QED) is 0.498. The molecule has 0 unspecified atom stereocenters. The monoisotopic (exact) mass is 391 g/mol. The van der Waals surface area contributed by atoms with Crippen molar-refractivity contribution < 1.29 is 14.2 Å². The van der Waals surface area contributed by atoms with Crippen molar-refractivity contribution in [1.82, 2.24) is 5.32 Å². The highest BCUT2D eigenvalue weighted by molar-refractivity contribution is 5.43. The Morgan fingerprint density at radius 2 is 1.52 bits per heavy atom. The molecular weight excluding hydrogens is 362 g/mol. The van der Waals surface area contributed by atoms with Crippen LogP contribution < -0.4 is 19.5 Å². The van der Waals surface area contributed by atoms with E-state index < -0.39 is 0 Å². The fraction of sp³-hybridized carbons (Fsp3) is 0.280. The van der Waals surface area contributed by atoms with Crippen LogP contribution in [-0.4, -0.2) is 20.8 Å². The maximum absolute atomic E-state index is 5.91. The molecule has 0 fully saturated rings. The molecule has 152 valence electrons. The summed E-state index contributed by atoms with van der Waals surface area (Å²) < 4.78 is 16.6. The Balaban J connectivity index is 1.43. The highest BCUT2D eigenvalue weighted by atomic mass is 16.5. The standard InChI is InChI=1S/C25H29NO3/c1-19-6-4-5-7-22(19)18-29-23-11-8-21(9-12-23)17-26-15-14-20-10-13-24(27-2)25(16-20)28-3/h4-13,16,26H,14-15,17-18H2,1-3H3. The number of nitrogens with one attached hydrogen (secondary N) is 1. The van der Waals surface area contributed by atoms with E-state index in [0.717, 1.165) is 36.8 Å². The topological polar surface area (TPSA) is 39.7 Å². The maximum atomic E-state index is 5.91. The number of ether oxygens (including phenoxy) is 3. The molecule has 0 bridgehead atoms. The first kappa shape index (κ1) is 20.7. The molecule has 29 heavy (non-hydrogen) atoms. The van der Waals surface area contributed by atoms with Crippen LogP contribution in [-0.2, 0) is 19.6 Å². The molecule has 4 nitrogen and oxygen atoms in total. The fourth-order valence-corrected chi connectivity index (χ4v) is 3.14. The van der Waals surface area contributed by atoms with Crippen LogP contribution in [0.1, 0.15) is 22.3 Å². The van der Waals surface area contributed by atoms with E-state index >= 15 is 0 Å². The Morgan fingerprint density at radius 1 is 0.793 bits per heavy atom. The van der Waals surface area contributed by atoms with Crippen molar-refractivity contribution in [3.8, 4) is 17.2 Å². The van der Waals surface area contributed by atoms with Crippen molar-refractivity contribution in [3.63, 3.8) is 0 Å². The molecule has 0 saturated heterocycles. The molecule has 0 spiro atoms. The smallest absolute Gasteiger partial charge is 0.160 e. The average molecular weight is 392 g/mol. The zero-order chi connectivity index (χ0) is 20.5. The molecule has 0 saturated carbocycles. The number of benzene rings is 3. The van der Waals surface area contributed by atoms with Gasteiger partial charge >= 0.3 is 0 Å². The third-order valence-electron chi connectivity index (χ3n) is 4.95. The number of rotatable bonds is 10. The molecule has 0 aliphatic rings. The molecule has 1 N–H and O–H groups in total. The van der Waals surface area contributed by atoms with Crippen molar-refractivity contribution in [1.29, 1.82) is 0 Å². The lowest BCUT2D eigenvalue weighted by atomic mass is 10.1. The first-order valence-corrected chi connectivity index (χ1v) is 9.87. The summed E-state index contributed by atoms with van der Waals surface area (Å²) in [5, 5.41) is 3.49. The molecule has 0 heterocycles. The number of aryl methyl sites for hydroxylation is 1. The van der Waals surface area contributed by atoms with Gasteiger partial charge in [0.2, 0.25) is 0 Å². The summed E-state index contributed by atoms with van der Waals surface area (Å²) in [5.41, 5.74) is 4.92. The van der Waals surface area contributed by atoms with E-state index in [-0.39, 0.29) is 0 Å². The van der Waals surface area contributed by atoms with E-state index in [1.54, 1.807) is 14.2 Å². The van der Waals surface area contributed by atoms with Gasteiger partial charge in [0.25, 0.3) is 0 Å². The normalized spacial score (nSPS) is 10.6. The minimum Gasteiger partial charge on any atom is -0.493 e. The van der Waals surface area contributed by atoms with Crippen molar-refractivity contribution in [2.45, 2.75) is 26.5 Å². The predicted molar refractivity (Wildman–Crippen MR) is 117 cm³/mol. The predicted octanol–water partition coefficient (Wildman–Crippen LogP) is 4.92. The Bertz CT molecular complexity index is 906. The van der Waals surface area contributed by atoms with E-state index in [4.69, 9.17) is 14.2 Å². The largest absolute Gasteiger partial charge is 0.493 e. The molecule has 0 atom stereocenters. The van der Waals surface area contributed by atoms with Crippen LogP contribution in [0, 0.1) is 6.92 Å². The van der Waals surface area contributed by atoms with E-state index in [2.05, 4.69) is 42.6 Å². The van der Waals surface area contributed by atoms with E-state index in [1.165, 1.54) is 22.3 Å². The van der Waals surface area contributed by atoms with Crippen LogP contribution in [0.4, 0.5) is 0 Å². The highest BCUT2D eigenvalue weighted by Gasteiger charge is 2.04. The molecule has 0 aliphatic heterocycles. The van der Waals surface area contributed by atoms with Gasteiger partial charge in [-0.25, -0.2) is 0 Å². The number of methoxy groups -OCH3 is 2. The van der Waals surface area contributed by atoms with E-state index in [1.807, 2.05) is 36.4 Å². The third-order valence-corrected chi connectivity index (χ3v) is 4.95. The van der Waals surface area contributed by atoms with Gasteiger partial charge in [0.15, 0.2) is 11.5 Å². The lowest BCUT2D eigenvalue weighted by Crippen LogP contribution is -2.16. The first-order chi connectivity index (χ1) is 14.2. The van der Waals surface area contributed by atoms with Gasteiger partial charge in [-0.1, -0.05) is 42.5 Å². The Kier molecular flexibility index (Phi) is 7.54. The van der Waals surface area contributed by atoms with Gasteiger partial charge < -0.3 is 19.5 Å². The highest BCUT2D eigenvalue weighted by Crippen LogP contribution is 2.27. The second-order valence-electron chi connectivity index (χ2n) is 6.98. The molecule has 3 aromatic rings. The molecule has 3 aromatic carbocycles. The minimum absolute atomic E-state index is 0.593. The second kappa shape index (κ2) is 10.5. The van der Waals surface area contributed by atoms with Crippen LogP contribution >= 0.6 is 0 Å². The lowest BCUT2D eigenvalue weighted by Gasteiger charge is -2.11. The van der Waals surface area contributed by atoms with Crippen LogP contribution in [0.25, 0.3) is 0 Å². The molecule has 0 amide bonds. The molecule has 3 rings (SSSR count). The SMILES string of the molecule is COc1ccc(CCNCc2ccc(OCc3ccccc3C)cc2)cc1OC. The maximum Gasteiger partial charge on any atom is 0.160 e. The van der Waals surface area contributed by atoms with Crippen molar-refractivity contribution >= 4 is 0 Å². The average Bonchev–Trinajstić information content (AvgIpc) is 2.77. The van der Waals surface area contributed by atoms with Crippen LogP contribution in [0.3, 0.4) is 0 Å². The molecular formula is C25H29NO3. The van der Waals surface area contributed by atoms with Crippen molar-refractivity contribution in [2.24, 2.45) is 0 Å². The molecule has 0 radical (unpaired) electrons. The lowest BCUT2D eigenvalue weighted by molar-refractivity contribution is 0.305. The molecule has 4 heteroatoms. The minimum atomic E-state index is 0.593. The van der Waals surface area contributed by atoms with Crippen LogP contribution in [0.5, 0.6) is 17.2 Å². The summed E-state index contributed by atoms with van der Waals surface area (Å²) in [6, 6.07) is 22.6. The zero-order valence-corrected chi connectivity index (χ0v) is 17.4. The first-order valence-electron chi connectivity index (χ1n) is 9.87. The Morgan fingerprint density at radius 3 is 2.24 bits per heavy atom. The summed E-state index contributed by atoms with van der Waals surface area (Å²) in [5.74, 6) is 2.42. The van der Waals surface area contributed by atoms with Gasteiger partial charge in [0.1, 0.15) is 12.4 Å². The van der Waals surface area contributed by atoms with Crippen LogP contribution in [0.2, 0.25) is 0 Å². The Hall–Kier alpha value is -2.98. The summed E-state index contributed by atoms with van der Waals surface area (Å²) in [4.78, 5) is 0. The van der Waals surface area contributed by atoms with Crippen molar-refractivity contribution in [2.75, 3.05) is 20.8 Å². The van der Waals surface area contributed by atoms with E-state index in [9.17, 15) is 0 Å². The summed E-state index contributed by atoms with van der Waals surface area (Å²) in [7, 11) is 3.31.